The van der Waals surface area contributed by atoms with Gasteiger partial charge in [-0.3, -0.25) is 9.97 Å². The molecule has 0 saturated heterocycles. The van der Waals surface area contributed by atoms with E-state index in [9.17, 15) is 0 Å². The zero-order valence-corrected chi connectivity index (χ0v) is 30.0. The second kappa shape index (κ2) is 14.3. The zero-order chi connectivity index (χ0) is 38.4. The van der Waals surface area contributed by atoms with Crippen LogP contribution in [0.4, 0.5) is 0 Å². The fourth-order valence-corrected chi connectivity index (χ4v) is 6.08. The third-order valence-electron chi connectivity index (χ3n) is 8.44. The van der Waals surface area contributed by atoms with E-state index in [4.69, 9.17) is 17.6 Å². The van der Waals surface area contributed by atoms with Gasteiger partial charge in [0.05, 0.1) is 28.6 Å². The van der Waals surface area contributed by atoms with Crippen molar-refractivity contribution in [2.45, 2.75) is 53.2 Å². The Morgan fingerprint density at radius 2 is 1.55 bits per heavy atom. The van der Waals surface area contributed by atoms with Crippen LogP contribution in [-0.4, -0.2) is 19.5 Å². The normalized spacial score (nSPS) is 13.6. The van der Waals surface area contributed by atoms with Crippen molar-refractivity contribution in [1.29, 1.82) is 0 Å². The Morgan fingerprint density at radius 1 is 0.776 bits per heavy atom. The number of furan rings is 1. The summed E-state index contributed by atoms with van der Waals surface area (Å²) < 4.78 is 52.3. The van der Waals surface area contributed by atoms with Crippen LogP contribution in [0, 0.1) is 25.8 Å². The van der Waals surface area contributed by atoms with Gasteiger partial charge in [-0.1, -0.05) is 94.0 Å². The predicted molar refractivity (Wildman–Crippen MR) is 197 cm³/mol. The number of fused-ring (bicyclic) bond motifs is 4. The van der Waals surface area contributed by atoms with Gasteiger partial charge >= 0.3 is 0 Å². The fraction of sp³-hybridized carbons (Fsp3) is 0.186. The molecule has 0 unspecified atom stereocenters. The van der Waals surface area contributed by atoms with Crippen LogP contribution in [0.3, 0.4) is 0 Å². The van der Waals surface area contributed by atoms with E-state index in [0.717, 1.165) is 44.4 Å². The second-order valence-electron chi connectivity index (χ2n) is 12.3. The zero-order valence-electron chi connectivity index (χ0n) is 33.6. The smallest absolute Gasteiger partial charge is 0.120 e. The number of pyridine rings is 2. The van der Waals surface area contributed by atoms with Crippen molar-refractivity contribution in [3.8, 4) is 28.3 Å². The van der Waals surface area contributed by atoms with E-state index < -0.39 is 13.7 Å². The van der Waals surface area contributed by atoms with Crippen LogP contribution in [0.2, 0.25) is 0 Å². The number of benzene rings is 4. The first-order chi connectivity index (χ1) is 25.7. The largest absolute Gasteiger partial charge is 0.501 e. The van der Waals surface area contributed by atoms with Crippen molar-refractivity contribution in [3.63, 3.8) is 0 Å². The third-order valence-corrected chi connectivity index (χ3v) is 8.44. The maximum atomic E-state index is 7.28. The van der Waals surface area contributed by atoms with Gasteiger partial charge in [-0.25, -0.2) is 0 Å². The maximum absolute atomic E-state index is 7.28. The summed E-state index contributed by atoms with van der Waals surface area (Å²) in [6.45, 7) is 4.63. The molecule has 49 heavy (non-hydrogen) atoms. The molecule has 0 N–H and O–H groups in total. The van der Waals surface area contributed by atoms with Crippen molar-refractivity contribution < 1.29 is 32.7 Å². The number of aromatic nitrogens is 4. The van der Waals surface area contributed by atoms with Crippen molar-refractivity contribution in [3.05, 3.63) is 144 Å². The molecule has 8 rings (SSSR count). The Kier molecular flexibility index (Phi) is 7.87. The predicted octanol–water partition coefficient (Wildman–Crippen LogP) is 11.2. The summed E-state index contributed by atoms with van der Waals surface area (Å²) >= 11 is 0. The van der Waals surface area contributed by atoms with Gasteiger partial charge in [-0.05, 0) is 53.2 Å². The first kappa shape index (κ1) is 27.0. The molecule has 8 aromatic rings. The number of para-hydroxylation sites is 2. The molecule has 0 amide bonds. The minimum Gasteiger partial charge on any atom is -0.501 e. The van der Waals surface area contributed by atoms with E-state index >= 15 is 0 Å². The monoisotopic (exact) mass is 825 g/mol. The topological polar surface area (TPSA) is 56.7 Å². The number of nitrogens with zero attached hydrogens (tertiary/aromatic N) is 4. The molecule has 0 saturated carbocycles. The van der Waals surface area contributed by atoms with E-state index in [1.165, 1.54) is 41.2 Å². The van der Waals surface area contributed by atoms with Crippen molar-refractivity contribution in [1.82, 2.24) is 19.5 Å². The van der Waals surface area contributed by atoms with Gasteiger partial charge in [0.1, 0.15) is 5.58 Å². The van der Waals surface area contributed by atoms with Crippen LogP contribution < -0.4 is 0 Å². The summed E-state index contributed by atoms with van der Waals surface area (Å²) in [6.07, 6.45) is 5.01. The molecule has 0 fully saturated rings. The van der Waals surface area contributed by atoms with Gasteiger partial charge in [0.2, 0.25) is 0 Å². The molecular formula is C43H38IrN4O-2. The SMILES string of the molecule is CC(C)c1cccc(C(C)C)c1-n1c(-c2[c-]ccc3c2oc2ccccc23)nc2ccncc21.[2H]C([2H])([2H])c1c[c-]c(-c2ccc(C([2H])([2H])[2H])cn2)cc1.[Ir]. The fourth-order valence-electron chi connectivity index (χ4n) is 6.08. The number of rotatable bonds is 5. The van der Waals surface area contributed by atoms with Gasteiger partial charge in [0.15, 0.2) is 0 Å². The molecule has 4 aromatic carbocycles. The van der Waals surface area contributed by atoms with Crippen LogP contribution in [0.15, 0.2) is 114 Å². The van der Waals surface area contributed by atoms with Crippen LogP contribution >= 0.6 is 0 Å². The number of hydrogen-bond donors (Lipinski definition) is 0. The van der Waals surface area contributed by atoms with Crippen molar-refractivity contribution in [2.75, 3.05) is 0 Å². The van der Waals surface area contributed by atoms with Gasteiger partial charge in [0, 0.05) is 51.8 Å². The summed E-state index contributed by atoms with van der Waals surface area (Å²) in [4.78, 5) is 13.6. The molecule has 0 aliphatic carbocycles. The first-order valence-corrected chi connectivity index (χ1v) is 16.0. The summed E-state index contributed by atoms with van der Waals surface area (Å²) in [6, 6.07) is 34.7. The summed E-state index contributed by atoms with van der Waals surface area (Å²) in [5.41, 5.74) is 9.71. The third kappa shape index (κ3) is 6.59. The van der Waals surface area contributed by atoms with Crippen LogP contribution in [0.5, 0.6) is 0 Å². The van der Waals surface area contributed by atoms with Crippen LogP contribution in [0.25, 0.3) is 61.3 Å². The van der Waals surface area contributed by atoms with E-state index in [-0.39, 0.29) is 31.2 Å². The first-order valence-electron chi connectivity index (χ1n) is 19.0. The molecular weight excluding hydrogens is 781 g/mol. The van der Waals surface area contributed by atoms with E-state index in [0.29, 0.717) is 23.1 Å². The Morgan fingerprint density at radius 3 is 2.24 bits per heavy atom. The molecule has 247 valence electrons. The quantitative estimate of drug-likeness (QED) is 0.162. The molecule has 0 aliphatic heterocycles. The molecule has 0 aliphatic rings. The minimum absolute atomic E-state index is 0. The number of aryl methyl sites for hydroxylation is 2. The Bertz CT molecular complexity index is 2510. The van der Waals surface area contributed by atoms with Crippen LogP contribution in [-0.2, 0) is 20.1 Å². The number of hydrogen-bond acceptors (Lipinski definition) is 4. The Hall–Kier alpha value is -4.90. The molecule has 0 spiro atoms. The molecule has 4 heterocycles. The van der Waals surface area contributed by atoms with Gasteiger partial charge in [-0.15, -0.1) is 53.6 Å². The molecule has 1 radical (unpaired) electrons. The molecule has 0 atom stereocenters. The summed E-state index contributed by atoms with van der Waals surface area (Å²) in [7, 11) is 0. The van der Waals surface area contributed by atoms with Crippen LogP contribution in [0.1, 0.15) is 70.0 Å². The Labute approximate surface area is 309 Å². The average molecular weight is 825 g/mol. The van der Waals surface area contributed by atoms with Crippen molar-refractivity contribution >= 4 is 33.0 Å². The molecule has 5 nitrogen and oxygen atoms in total. The Balaban J connectivity index is 0.000000211. The molecule has 4 aromatic heterocycles. The summed E-state index contributed by atoms with van der Waals surface area (Å²) in [5, 5.41) is 2.17. The molecule has 0 bridgehead atoms. The average Bonchev–Trinajstić information content (AvgIpc) is 3.73. The minimum atomic E-state index is -2.18. The van der Waals surface area contributed by atoms with E-state index in [1.54, 1.807) is 18.3 Å². The van der Waals surface area contributed by atoms with Gasteiger partial charge < -0.3 is 14.0 Å². The van der Waals surface area contributed by atoms with Crippen molar-refractivity contribution in [2.24, 2.45) is 0 Å². The van der Waals surface area contributed by atoms with Gasteiger partial charge in [0.25, 0.3) is 0 Å². The molecule has 6 heteroatoms. The standard InChI is InChI=1S/C30H26N3O.C13H12N.Ir/c1-18(2)20-10-7-11-21(19(3)4)28(20)33-26-17-31-16-15-25(26)32-30(33)24-13-8-12-23-22-9-5-6-14-27(22)34-29(23)24;1-10-3-6-12(7-4-10)13-8-5-11(2)9-14-13;/h5-12,14-19H,1-4H3;3-6,8-9H,1-2H3;/q2*-1;/i;1D3,2D3;. The van der Waals surface area contributed by atoms with E-state index in [1.807, 2.05) is 36.5 Å². The second-order valence-corrected chi connectivity index (χ2v) is 12.3. The van der Waals surface area contributed by atoms with E-state index in [2.05, 4.69) is 84.7 Å². The maximum Gasteiger partial charge on any atom is 0.120 e. The summed E-state index contributed by atoms with van der Waals surface area (Å²) in [5.74, 6) is 1.52. The van der Waals surface area contributed by atoms with Gasteiger partial charge in [-0.2, -0.15) is 0 Å². The number of imidazole rings is 1.